The minimum atomic E-state index is 0.623. The molecule has 0 spiro atoms. The smallest absolute Gasteiger partial charge is 0.143 e. The molecule has 32 heavy (non-hydrogen) atoms. The zero-order valence-electron chi connectivity index (χ0n) is 18.2. The summed E-state index contributed by atoms with van der Waals surface area (Å²) in [6.45, 7) is 0.623. The second kappa shape index (κ2) is 8.90. The monoisotopic (exact) mass is 421 g/mol. The molecule has 0 amide bonds. The van der Waals surface area contributed by atoms with Crippen LogP contribution < -0.4 is 5.73 Å². The Morgan fingerprint density at radius 2 is 1.75 bits per heavy atom. The van der Waals surface area contributed by atoms with Crippen molar-refractivity contribution in [2.24, 2.45) is 5.73 Å². The predicted molar refractivity (Wildman–Crippen MR) is 132 cm³/mol. The molecule has 160 valence electrons. The van der Waals surface area contributed by atoms with Gasteiger partial charge in [0.05, 0.1) is 6.07 Å². The lowest BCUT2D eigenvalue weighted by Gasteiger charge is -2.06. The molecule has 5 aromatic rings. The van der Waals surface area contributed by atoms with E-state index in [1.165, 1.54) is 16.6 Å². The van der Waals surface area contributed by atoms with Crippen molar-refractivity contribution >= 4 is 32.8 Å². The lowest BCUT2D eigenvalue weighted by molar-refractivity contribution is 0.670. The van der Waals surface area contributed by atoms with Gasteiger partial charge in [-0.2, -0.15) is 5.26 Å². The average Bonchev–Trinajstić information content (AvgIpc) is 3.37. The SMILES string of the molecule is N#CCCCCCc1[nH]c2ccc(-c3cccc4c3oc3ccccc34)cc2c1CCN. The first-order valence-corrected chi connectivity index (χ1v) is 11.4. The van der Waals surface area contributed by atoms with Crippen LogP contribution in [0.15, 0.2) is 65.1 Å². The molecule has 4 heteroatoms. The molecule has 4 nitrogen and oxygen atoms in total. The summed E-state index contributed by atoms with van der Waals surface area (Å²) in [6.07, 6.45) is 5.60. The zero-order valence-corrected chi connectivity index (χ0v) is 18.2. The molecule has 3 aromatic carbocycles. The third-order valence-corrected chi connectivity index (χ3v) is 6.32. The molecule has 2 heterocycles. The maximum Gasteiger partial charge on any atom is 0.143 e. The highest BCUT2D eigenvalue weighted by Gasteiger charge is 2.15. The number of nitrogens with zero attached hydrogens (tertiary/aromatic N) is 1. The van der Waals surface area contributed by atoms with Gasteiger partial charge in [-0.1, -0.05) is 48.9 Å². The standard InChI is InChI=1S/C28H27N3O/c29-16-6-2-1-3-11-25-21(15-17-30)24-18-19(13-14-26(24)31-25)20-9-7-10-23-22-8-4-5-12-27(22)32-28(20)23/h4-5,7-10,12-14,18,31H,1-3,6,11,15,17,30H2. The number of benzene rings is 3. The lowest BCUT2D eigenvalue weighted by atomic mass is 9.98. The van der Waals surface area contributed by atoms with Gasteiger partial charge in [-0.05, 0) is 61.6 Å². The lowest BCUT2D eigenvalue weighted by Crippen LogP contribution is -2.04. The number of hydrogen-bond acceptors (Lipinski definition) is 3. The normalized spacial score (nSPS) is 11.5. The molecule has 0 aliphatic carbocycles. The number of nitrogens with one attached hydrogen (secondary N) is 1. The van der Waals surface area contributed by atoms with Gasteiger partial charge in [0.1, 0.15) is 11.2 Å². The van der Waals surface area contributed by atoms with Gasteiger partial charge in [-0.3, -0.25) is 0 Å². The highest BCUT2D eigenvalue weighted by atomic mass is 16.3. The topological polar surface area (TPSA) is 78.7 Å². The van der Waals surface area contributed by atoms with E-state index in [-0.39, 0.29) is 0 Å². The van der Waals surface area contributed by atoms with Gasteiger partial charge in [0.25, 0.3) is 0 Å². The first-order valence-electron chi connectivity index (χ1n) is 11.4. The number of aromatic amines is 1. The zero-order chi connectivity index (χ0) is 21.9. The Morgan fingerprint density at radius 1 is 0.875 bits per heavy atom. The number of H-pyrrole nitrogens is 1. The molecule has 0 aliphatic heterocycles. The van der Waals surface area contributed by atoms with Gasteiger partial charge in [-0.25, -0.2) is 0 Å². The molecule has 0 saturated carbocycles. The van der Waals surface area contributed by atoms with Crippen LogP contribution in [0.5, 0.6) is 0 Å². The molecular weight excluding hydrogens is 394 g/mol. The third-order valence-electron chi connectivity index (χ3n) is 6.32. The van der Waals surface area contributed by atoms with E-state index in [0.717, 1.165) is 70.7 Å². The number of nitriles is 1. The number of fused-ring (bicyclic) bond motifs is 4. The molecule has 0 atom stereocenters. The first-order chi connectivity index (χ1) is 15.8. The molecule has 5 rings (SSSR count). The number of hydrogen-bond donors (Lipinski definition) is 2. The van der Waals surface area contributed by atoms with Crippen LogP contribution in [0.2, 0.25) is 0 Å². The maximum absolute atomic E-state index is 8.74. The van der Waals surface area contributed by atoms with Crippen molar-refractivity contribution in [2.45, 2.75) is 38.5 Å². The molecule has 0 aliphatic rings. The van der Waals surface area contributed by atoms with E-state index < -0.39 is 0 Å². The fourth-order valence-electron chi connectivity index (χ4n) is 4.77. The molecule has 2 aromatic heterocycles. The minimum absolute atomic E-state index is 0.623. The van der Waals surface area contributed by atoms with E-state index in [4.69, 9.17) is 15.4 Å². The van der Waals surface area contributed by atoms with E-state index in [0.29, 0.717) is 13.0 Å². The number of aryl methyl sites for hydroxylation is 1. The van der Waals surface area contributed by atoms with Crippen LogP contribution in [0.1, 0.15) is 36.9 Å². The van der Waals surface area contributed by atoms with E-state index >= 15 is 0 Å². The van der Waals surface area contributed by atoms with Gasteiger partial charge >= 0.3 is 0 Å². The molecule has 0 radical (unpaired) electrons. The van der Waals surface area contributed by atoms with Crippen molar-refractivity contribution in [3.63, 3.8) is 0 Å². The summed E-state index contributed by atoms with van der Waals surface area (Å²) in [5.74, 6) is 0. The van der Waals surface area contributed by atoms with Crippen LogP contribution in [0.25, 0.3) is 44.0 Å². The first kappa shape index (κ1) is 20.4. The van der Waals surface area contributed by atoms with Gasteiger partial charge in [0.15, 0.2) is 0 Å². The van der Waals surface area contributed by atoms with Gasteiger partial charge in [0, 0.05) is 39.4 Å². The summed E-state index contributed by atoms with van der Waals surface area (Å²) in [5.41, 5.74) is 13.8. The Morgan fingerprint density at radius 3 is 2.62 bits per heavy atom. The van der Waals surface area contributed by atoms with Crippen LogP contribution in [0.3, 0.4) is 0 Å². The summed E-state index contributed by atoms with van der Waals surface area (Å²) >= 11 is 0. The Labute approximate surface area is 187 Å². The van der Waals surface area contributed by atoms with Crippen molar-refractivity contribution in [3.05, 3.63) is 71.9 Å². The molecule has 0 bridgehead atoms. The summed E-state index contributed by atoms with van der Waals surface area (Å²) in [7, 11) is 0. The van der Waals surface area contributed by atoms with Gasteiger partial charge in [0.2, 0.25) is 0 Å². The fraction of sp³-hybridized carbons (Fsp3) is 0.250. The summed E-state index contributed by atoms with van der Waals surface area (Å²) in [6, 6.07) is 23.4. The van der Waals surface area contributed by atoms with Crippen LogP contribution in [0.4, 0.5) is 0 Å². The van der Waals surface area contributed by atoms with Gasteiger partial charge in [-0.15, -0.1) is 0 Å². The maximum atomic E-state index is 8.74. The van der Waals surface area contributed by atoms with Crippen molar-refractivity contribution in [3.8, 4) is 17.2 Å². The molecular formula is C28H27N3O. The third kappa shape index (κ3) is 3.66. The summed E-state index contributed by atoms with van der Waals surface area (Å²) in [4.78, 5) is 3.63. The second-order valence-electron chi connectivity index (χ2n) is 8.38. The number of rotatable bonds is 8. The van der Waals surface area contributed by atoms with Crippen LogP contribution >= 0.6 is 0 Å². The van der Waals surface area contributed by atoms with Crippen LogP contribution in [-0.2, 0) is 12.8 Å². The average molecular weight is 422 g/mol. The fourth-order valence-corrected chi connectivity index (χ4v) is 4.77. The van der Waals surface area contributed by atoms with Crippen molar-refractivity contribution in [1.29, 1.82) is 5.26 Å². The van der Waals surface area contributed by atoms with Gasteiger partial charge < -0.3 is 15.1 Å². The molecule has 3 N–H and O–H groups in total. The van der Waals surface area contributed by atoms with E-state index in [2.05, 4.69) is 59.6 Å². The van der Waals surface area contributed by atoms with Crippen LogP contribution in [-0.4, -0.2) is 11.5 Å². The number of aromatic nitrogens is 1. The predicted octanol–water partition coefficient (Wildman–Crippen LogP) is 6.86. The number of furan rings is 1. The Balaban J connectivity index is 1.56. The van der Waals surface area contributed by atoms with Crippen molar-refractivity contribution < 1.29 is 4.42 Å². The van der Waals surface area contributed by atoms with E-state index in [1.807, 2.05) is 12.1 Å². The minimum Gasteiger partial charge on any atom is -0.455 e. The number of nitrogens with two attached hydrogens (primary N) is 1. The molecule has 0 fully saturated rings. The molecule has 0 unspecified atom stereocenters. The van der Waals surface area contributed by atoms with Crippen molar-refractivity contribution in [1.82, 2.24) is 4.98 Å². The quantitative estimate of drug-likeness (QED) is 0.269. The van der Waals surface area contributed by atoms with Crippen LogP contribution in [0, 0.1) is 11.3 Å². The van der Waals surface area contributed by atoms with Crippen molar-refractivity contribution in [2.75, 3.05) is 6.54 Å². The Bertz CT molecular complexity index is 1430. The highest BCUT2D eigenvalue weighted by molar-refractivity contribution is 6.10. The second-order valence-corrected chi connectivity index (χ2v) is 8.38. The number of para-hydroxylation sites is 2. The summed E-state index contributed by atoms with van der Waals surface area (Å²) < 4.78 is 6.27. The largest absolute Gasteiger partial charge is 0.455 e. The molecule has 0 saturated heterocycles. The summed E-state index contributed by atoms with van der Waals surface area (Å²) in [5, 5.41) is 12.3. The van der Waals surface area contributed by atoms with E-state index in [1.54, 1.807) is 0 Å². The Kier molecular flexibility index (Phi) is 5.66. The Hall–Kier alpha value is -3.55. The highest BCUT2D eigenvalue weighted by Crippen LogP contribution is 2.37. The number of unbranched alkanes of at least 4 members (excludes halogenated alkanes) is 3. The van der Waals surface area contributed by atoms with E-state index in [9.17, 15) is 0 Å².